The van der Waals surface area contributed by atoms with E-state index in [4.69, 9.17) is 5.11 Å². The molecule has 1 heterocycles. The van der Waals surface area contributed by atoms with Crippen LogP contribution in [0.3, 0.4) is 0 Å². The molecule has 1 fully saturated rings. The fourth-order valence-corrected chi connectivity index (χ4v) is 1.89. The second kappa shape index (κ2) is 4.49. The number of rotatable bonds is 3. The molecule has 0 aromatic heterocycles. The summed E-state index contributed by atoms with van der Waals surface area (Å²) in [5.41, 5.74) is -0.643. The van der Waals surface area contributed by atoms with Gasteiger partial charge >= 0.3 is 5.97 Å². The van der Waals surface area contributed by atoms with Gasteiger partial charge in [0, 0.05) is 32.2 Å². The van der Waals surface area contributed by atoms with E-state index in [1.807, 2.05) is 0 Å². The molecule has 0 aliphatic carbocycles. The molecule has 0 saturated carbocycles. The summed E-state index contributed by atoms with van der Waals surface area (Å²) in [5.74, 6) is -0.714. The van der Waals surface area contributed by atoms with E-state index >= 15 is 0 Å². The summed E-state index contributed by atoms with van der Waals surface area (Å²) in [6, 6.07) is 0.517. The van der Waals surface area contributed by atoms with Crippen LogP contribution in [0.15, 0.2) is 0 Å². The molecule has 0 radical (unpaired) electrons. The first kappa shape index (κ1) is 12.5. The van der Waals surface area contributed by atoms with Gasteiger partial charge in [0.15, 0.2) is 0 Å². The molecule has 88 valence electrons. The van der Waals surface area contributed by atoms with Crippen LogP contribution in [0.2, 0.25) is 0 Å². The van der Waals surface area contributed by atoms with Gasteiger partial charge in [-0.3, -0.25) is 9.69 Å². The van der Waals surface area contributed by atoms with E-state index in [2.05, 4.69) is 23.8 Å². The van der Waals surface area contributed by atoms with Crippen molar-refractivity contribution in [3.05, 3.63) is 0 Å². The summed E-state index contributed by atoms with van der Waals surface area (Å²) in [6.07, 6.45) is 0. The van der Waals surface area contributed by atoms with Crippen LogP contribution < -0.4 is 0 Å². The van der Waals surface area contributed by atoms with E-state index in [1.165, 1.54) is 0 Å². The number of nitrogens with zero attached hydrogens (tertiary/aromatic N) is 2. The molecule has 1 atom stereocenters. The third-order valence-corrected chi connectivity index (χ3v) is 3.24. The zero-order valence-corrected chi connectivity index (χ0v) is 10.2. The van der Waals surface area contributed by atoms with Crippen molar-refractivity contribution in [2.75, 3.05) is 33.2 Å². The number of piperazine rings is 1. The second-order valence-corrected chi connectivity index (χ2v) is 5.25. The Bertz CT molecular complexity index is 241. The molecule has 4 nitrogen and oxygen atoms in total. The SMILES string of the molecule is CC1CN(CC(C)(C)C(=O)O)CCN1C. The summed E-state index contributed by atoms with van der Waals surface area (Å²) in [4.78, 5) is 15.6. The third-order valence-electron chi connectivity index (χ3n) is 3.24. The molecular weight excluding hydrogens is 192 g/mol. The molecule has 0 amide bonds. The number of carboxylic acids is 1. The molecule has 1 aliphatic rings. The van der Waals surface area contributed by atoms with E-state index in [1.54, 1.807) is 13.8 Å². The second-order valence-electron chi connectivity index (χ2n) is 5.25. The fraction of sp³-hybridized carbons (Fsp3) is 0.909. The Labute approximate surface area is 91.9 Å². The van der Waals surface area contributed by atoms with E-state index in [9.17, 15) is 4.79 Å². The van der Waals surface area contributed by atoms with Crippen molar-refractivity contribution in [2.45, 2.75) is 26.8 Å². The standard InChI is InChI=1S/C11H22N2O2/c1-9-7-13(6-5-12(9)4)8-11(2,3)10(14)15/h9H,5-8H2,1-4H3,(H,14,15). The van der Waals surface area contributed by atoms with Gasteiger partial charge in [-0.1, -0.05) is 0 Å². The van der Waals surface area contributed by atoms with Crippen LogP contribution in [0.25, 0.3) is 0 Å². The van der Waals surface area contributed by atoms with Gasteiger partial charge in [-0.25, -0.2) is 0 Å². The maximum Gasteiger partial charge on any atom is 0.310 e. The van der Waals surface area contributed by atoms with Crippen LogP contribution >= 0.6 is 0 Å². The van der Waals surface area contributed by atoms with Crippen LogP contribution in [0.5, 0.6) is 0 Å². The van der Waals surface area contributed by atoms with Gasteiger partial charge in [-0.2, -0.15) is 0 Å². The van der Waals surface area contributed by atoms with Crippen molar-refractivity contribution in [3.63, 3.8) is 0 Å². The predicted octanol–water partition coefficient (Wildman–Crippen LogP) is 0.733. The zero-order valence-electron chi connectivity index (χ0n) is 10.2. The van der Waals surface area contributed by atoms with Crippen LogP contribution in [0, 0.1) is 5.41 Å². The molecule has 0 bridgehead atoms. The topological polar surface area (TPSA) is 43.8 Å². The Kier molecular flexibility index (Phi) is 3.73. The van der Waals surface area contributed by atoms with Gasteiger partial charge in [0.2, 0.25) is 0 Å². The molecular formula is C11H22N2O2. The van der Waals surface area contributed by atoms with E-state index < -0.39 is 11.4 Å². The first-order valence-electron chi connectivity index (χ1n) is 5.49. The maximum absolute atomic E-state index is 11.0. The van der Waals surface area contributed by atoms with Crippen LogP contribution in [0.4, 0.5) is 0 Å². The van der Waals surface area contributed by atoms with Crippen molar-refractivity contribution in [2.24, 2.45) is 5.41 Å². The molecule has 1 rings (SSSR count). The number of carbonyl (C=O) groups is 1. The van der Waals surface area contributed by atoms with Crippen LogP contribution in [-0.2, 0) is 4.79 Å². The molecule has 0 aromatic carbocycles. The highest BCUT2D eigenvalue weighted by Crippen LogP contribution is 2.19. The summed E-state index contributed by atoms with van der Waals surface area (Å²) in [7, 11) is 2.12. The fourth-order valence-electron chi connectivity index (χ4n) is 1.89. The Balaban J connectivity index is 2.50. The first-order chi connectivity index (χ1) is 6.83. The number of hydrogen-bond acceptors (Lipinski definition) is 3. The lowest BCUT2D eigenvalue weighted by Crippen LogP contribution is -2.53. The Morgan fingerprint density at radius 2 is 2.07 bits per heavy atom. The zero-order chi connectivity index (χ0) is 11.6. The van der Waals surface area contributed by atoms with Crippen molar-refractivity contribution in [1.29, 1.82) is 0 Å². The lowest BCUT2D eigenvalue weighted by atomic mass is 9.92. The van der Waals surface area contributed by atoms with Gasteiger partial charge in [0.05, 0.1) is 5.41 Å². The third kappa shape index (κ3) is 3.18. The Morgan fingerprint density at radius 3 is 2.53 bits per heavy atom. The number of hydrogen-bond donors (Lipinski definition) is 1. The van der Waals surface area contributed by atoms with Crippen molar-refractivity contribution < 1.29 is 9.90 Å². The Morgan fingerprint density at radius 1 is 1.47 bits per heavy atom. The first-order valence-corrected chi connectivity index (χ1v) is 5.49. The molecule has 1 aliphatic heterocycles. The molecule has 1 N–H and O–H groups in total. The van der Waals surface area contributed by atoms with Gasteiger partial charge in [0.25, 0.3) is 0 Å². The quantitative estimate of drug-likeness (QED) is 0.752. The monoisotopic (exact) mass is 214 g/mol. The normalized spacial score (nSPS) is 25.5. The van der Waals surface area contributed by atoms with Crippen molar-refractivity contribution >= 4 is 5.97 Å². The molecule has 1 unspecified atom stereocenters. The number of aliphatic carboxylic acids is 1. The Hall–Kier alpha value is -0.610. The van der Waals surface area contributed by atoms with E-state index in [-0.39, 0.29) is 0 Å². The largest absolute Gasteiger partial charge is 0.481 e. The maximum atomic E-state index is 11.0. The number of carboxylic acid groups (broad SMARTS) is 1. The van der Waals surface area contributed by atoms with Gasteiger partial charge in [0.1, 0.15) is 0 Å². The highest BCUT2D eigenvalue weighted by atomic mass is 16.4. The molecule has 4 heteroatoms. The van der Waals surface area contributed by atoms with Gasteiger partial charge in [-0.05, 0) is 27.8 Å². The van der Waals surface area contributed by atoms with Crippen molar-refractivity contribution in [1.82, 2.24) is 9.80 Å². The summed E-state index contributed by atoms with van der Waals surface area (Å²) in [5, 5.41) is 9.05. The van der Waals surface area contributed by atoms with E-state index in [0.29, 0.717) is 12.6 Å². The van der Waals surface area contributed by atoms with E-state index in [0.717, 1.165) is 19.6 Å². The predicted molar refractivity (Wildman–Crippen MR) is 59.9 cm³/mol. The van der Waals surface area contributed by atoms with Gasteiger partial charge in [-0.15, -0.1) is 0 Å². The number of likely N-dealkylation sites (N-methyl/N-ethyl adjacent to an activating group) is 1. The average molecular weight is 214 g/mol. The molecule has 1 saturated heterocycles. The highest BCUT2D eigenvalue weighted by molar-refractivity contribution is 5.73. The smallest absolute Gasteiger partial charge is 0.310 e. The summed E-state index contributed by atoms with van der Waals surface area (Å²) < 4.78 is 0. The lowest BCUT2D eigenvalue weighted by Gasteiger charge is -2.40. The minimum atomic E-state index is -0.714. The lowest BCUT2D eigenvalue weighted by molar-refractivity contribution is -0.148. The molecule has 15 heavy (non-hydrogen) atoms. The highest BCUT2D eigenvalue weighted by Gasteiger charge is 2.32. The average Bonchev–Trinajstić information content (AvgIpc) is 2.10. The van der Waals surface area contributed by atoms with Crippen LogP contribution in [-0.4, -0.2) is 60.1 Å². The minimum Gasteiger partial charge on any atom is -0.481 e. The van der Waals surface area contributed by atoms with Gasteiger partial charge < -0.3 is 10.0 Å². The van der Waals surface area contributed by atoms with Crippen molar-refractivity contribution in [3.8, 4) is 0 Å². The minimum absolute atomic E-state index is 0.517. The van der Waals surface area contributed by atoms with Crippen LogP contribution in [0.1, 0.15) is 20.8 Å². The summed E-state index contributed by atoms with van der Waals surface area (Å²) >= 11 is 0. The molecule has 0 spiro atoms. The summed E-state index contributed by atoms with van der Waals surface area (Å²) in [6.45, 7) is 9.36. The molecule has 0 aromatic rings.